The van der Waals surface area contributed by atoms with Crippen LogP contribution in [0.1, 0.15) is 24.5 Å². The second-order valence-corrected chi connectivity index (χ2v) is 6.21. The Morgan fingerprint density at radius 3 is 2.61 bits per heavy atom. The second-order valence-electron chi connectivity index (χ2n) is 5.34. The summed E-state index contributed by atoms with van der Waals surface area (Å²) in [5.41, 5.74) is 1.97. The number of hydrogen-bond donors (Lipinski definition) is 2. The molecule has 23 heavy (non-hydrogen) atoms. The Labute approximate surface area is 147 Å². The summed E-state index contributed by atoms with van der Waals surface area (Å²) in [5, 5.41) is 13.9. The van der Waals surface area contributed by atoms with E-state index >= 15 is 0 Å². The van der Waals surface area contributed by atoms with Crippen LogP contribution in [0.5, 0.6) is 5.75 Å². The number of rotatable bonds is 8. The van der Waals surface area contributed by atoms with Gasteiger partial charge in [0.05, 0.1) is 6.61 Å². The van der Waals surface area contributed by atoms with Gasteiger partial charge in [0.25, 0.3) is 0 Å². The quantitative estimate of drug-likeness (QED) is 0.737. The number of nitrogens with one attached hydrogen (secondary N) is 1. The summed E-state index contributed by atoms with van der Waals surface area (Å²) in [5.74, 6) is 0.773. The zero-order valence-corrected chi connectivity index (χ0v) is 14.6. The summed E-state index contributed by atoms with van der Waals surface area (Å²) in [6.07, 6.45) is 0.857. The largest absolute Gasteiger partial charge is 0.489 e. The van der Waals surface area contributed by atoms with Gasteiger partial charge in [-0.1, -0.05) is 42.3 Å². The molecule has 0 heterocycles. The van der Waals surface area contributed by atoms with Gasteiger partial charge in [0.1, 0.15) is 12.4 Å². The molecule has 0 amide bonds. The van der Waals surface area contributed by atoms with Gasteiger partial charge in [-0.15, -0.1) is 0 Å². The molecular weight excluding hydrogens is 333 g/mol. The van der Waals surface area contributed by atoms with Crippen LogP contribution in [-0.4, -0.2) is 17.8 Å². The van der Waals surface area contributed by atoms with Gasteiger partial charge in [-0.25, -0.2) is 0 Å². The Morgan fingerprint density at radius 1 is 1.13 bits per heavy atom. The van der Waals surface area contributed by atoms with Gasteiger partial charge in [0, 0.05) is 28.2 Å². The van der Waals surface area contributed by atoms with Gasteiger partial charge in [-0.2, -0.15) is 0 Å². The van der Waals surface area contributed by atoms with Crippen LogP contribution in [0.3, 0.4) is 0 Å². The van der Waals surface area contributed by atoms with Crippen molar-refractivity contribution in [2.75, 3.05) is 6.61 Å². The fourth-order valence-electron chi connectivity index (χ4n) is 2.21. The van der Waals surface area contributed by atoms with E-state index in [1.54, 1.807) is 0 Å². The molecule has 0 bridgehead atoms. The molecular formula is C18H21Cl2NO2. The minimum Gasteiger partial charge on any atom is -0.489 e. The number of aliphatic hydroxyl groups is 1. The third-order valence-corrected chi connectivity index (χ3v) is 4.07. The van der Waals surface area contributed by atoms with Crippen molar-refractivity contribution < 1.29 is 9.84 Å². The van der Waals surface area contributed by atoms with E-state index in [1.807, 2.05) is 49.4 Å². The normalized spacial score (nSPS) is 12.2. The Bertz CT molecular complexity index is 630. The monoisotopic (exact) mass is 353 g/mol. The highest BCUT2D eigenvalue weighted by Gasteiger charge is 2.09. The predicted molar refractivity (Wildman–Crippen MR) is 95.2 cm³/mol. The van der Waals surface area contributed by atoms with E-state index in [0.29, 0.717) is 23.2 Å². The van der Waals surface area contributed by atoms with E-state index in [1.165, 1.54) is 0 Å². The third-order valence-electron chi connectivity index (χ3n) is 3.60. The number of hydrogen-bond acceptors (Lipinski definition) is 3. The average molecular weight is 354 g/mol. The van der Waals surface area contributed by atoms with E-state index in [4.69, 9.17) is 27.9 Å². The van der Waals surface area contributed by atoms with Crippen LogP contribution in [0.2, 0.25) is 10.0 Å². The molecule has 3 nitrogen and oxygen atoms in total. The van der Waals surface area contributed by atoms with Crippen LogP contribution in [0.25, 0.3) is 0 Å². The Kier molecular flexibility index (Phi) is 7.18. The maximum Gasteiger partial charge on any atom is 0.124 e. The lowest BCUT2D eigenvalue weighted by Gasteiger charge is -2.17. The first-order valence-corrected chi connectivity index (χ1v) is 8.38. The molecule has 0 aliphatic heterocycles. The van der Waals surface area contributed by atoms with Gasteiger partial charge in [0.15, 0.2) is 0 Å². The van der Waals surface area contributed by atoms with Crippen LogP contribution in [-0.2, 0) is 13.2 Å². The number of aliphatic hydroxyl groups excluding tert-OH is 1. The van der Waals surface area contributed by atoms with Crippen molar-refractivity contribution in [1.82, 2.24) is 5.32 Å². The van der Waals surface area contributed by atoms with E-state index in [0.717, 1.165) is 23.3 Å². The Morgan fingerprint density at radius 2 is 1.91 bits per heavy atom. The van der Waals surface area contributed by atoms with Crippen molar-refractivity contribution >= 4 is 23.2 Å². The Balaban J connectivity index is 2.05. The van der Waals surface area contributed by atoms with Crippen molar-refractivity contribution in [3.63, 3.8) is 0 Å². The molecule has 2 aromatic carbocycles. The van der Waals surface area contributed by atoms with Crippen molar-refractivity contribution in [3.8, 4) is 5.75 Å². The first-order chi connectivity index (χ1) is 11.1. The van der Waals surface area contributed by atoms with Gasteiger partial charge < -0.3 is 15.2 Å². The first kappa shape index (κ1) is 18.1. The molecule has 124 valence electrons. The summed E-state index contributed by atoms with van der Waals surface area (Å²) in [7, 11) is 0. The molecule has 0 aliphatic carbocycles. The van der Waals surface area contributed by atoms with Crippen molar-refractivity contribution in [2.24, 2.45) is 0 Å². The topological polar surface area (TPSA) is 41.5 Å². The molecule has 5 heteroatoms. The summed E-state index contributed by atoms with van der Waals surface area (Å²) in [6.45, 7) is 3.16. The van der Waals surface area contributed by atoms with Crippen molar-refractivity contribution in [1.29, 1.82) is 0 Å². The number of halogens is 2. The zero-order chi connectivity index (χ0) is 16.7. The predicted octanol–water partition coefficient (Wildman–Crippen LogP) is 4.43. The van der Waals surface area contributed by atoms with E-state index in [-0.39, 0.29) is 12.6 Å². The highest BCUT2D eigenvalue weighted by atomic mass is 35.5. The van der Waals surface area contributed by atoms with Gasteiger partial charge >= 0.3 is 0 Å². The third kappa shape index (κ3) is 5.70. The minimum absolute atomic E-state index is 0.0646. The maximum absolute atomic E-state index is 9.27. The maximum atomic E-state index is 9.27. The highest BCUT2D eigenvalue weighted by molar-refractivity contribution is 6.30. The molecule has 0 aromatic heterocycles. The number of ether oxygens (including phenoxy) is 1. The molecule has 2 rings (SSSR count). The summed E-state index contributed by atoms with van der Waals surface area (Å²) >= 11 is 12.1. The van der Waals surface area contributed by atoms with Gasteiger partial charge in [0.2, 0.25) is 0 Å². The summed E-state index contributed by atoms with van der Waals surface area (Å²) in [4.78, 5) is 0. The molecule has 0 spiro atoms. The Hall–Kier alpha value is -1.26. The van der Waals surface area contributed by atoms with Gasteiger partial charge in [-0.3, -0.25) is 0 Å². The van der Waals surface area contributed by atoms with Crippen LogP contribution < -0.4 is 10.1 Å². The first-order valence-electron chi connectivity index (χ1n) is 7.62. The fourth-order valence-corrected chi connectivity index (χ4v) is 2.61. The molecule has 0 saturated heterocycles. The highest BCUT2D eigenvalue weighted by Crippen LogP contribution is 2.24. The smallest absolute Gasteiger partial charge is 0.124 e. The fraction of sp³-hybridized carbons (Fsp3) is 0.333. The lowest BCUT2D eigenvalue weighted by Crippen LogP contribution is -2.31. The van der Waals surface area contributed by atoms with Crippen LogP contribution in [0, 0.1) is 0 Å². The molecule has 2 N–H and O–H groups in total. The second kappa shape index (κ2) is 9.14. The van der Waals surface area contributed by atoms with E-state index in [9.17, 15) is 5.11 Å². The van der Waals surface area contributed by atoms with Gasteiger partial charge in [-0.05, 0) is 42.3 Å². The molecule has 0 saturated carbocycles. The van der Waals surface area contributed by atoms with Crippen molar-refractivity contribution in [2.45, 2.75) is 32.5 Å². The zero-order valence-electron chi connectivity index (χ0n) is 13.1. The van der Waals surface area contributed by atoms with E-state index < -0.39 is 0 Å². The van der Waals surface area contributed by atoms with Crippen LogP contribution in [0.15, 0.2) is 42.5 Å². The lowest BCUT2D eigenvalue weighted by molar-refractivity contribution is 0.237. The van der Waals surface area contributed by atoms with Crippen LogP contribution in [0.4, 0.5) is 0 Å². The molecule has 1 atom stereocenters. The molecule has 0 unspecified atom stereocenters. The summed E-state index contributed by atoms with van der Waals surface area (Å²) in [6, 6.07) is 13.2. The minimum atomic E-state index is 0.0646. The standard InChI is InChI=1S/C18H21Cl2NO2/c1-2-17(11-22)21-10-14-9-16(20)6-7-18(14)23-12-13-4-3-5-15(19)8-13/h3-9,17,21-22H,2,10-12H2,1H3/t17-/m0/s1. The van der Waals surface area contributed by atoms with Crippen LogP contribution >= 0.6 is 23.2 Å². The number of benzene rings is 2. The summed E-state index contributed by atoms with van der Waals surface area (Å²) < 4.78 is 5.91. The molecule has 0 aliphatic rings. The molecule has 2 aromatic rings. The molecule has 0 fully saturated rings. The molecule has 0 radical (unpaired) electrons. The van der Waals surface area contributed by atoms with E-state index in [2.05, 4.69) is 5.32 Å². The lowest BCUT2D eigenvalue weighted by atomic mass is 10.1. The van der Waals surface area contributed by atoms with Crippen molar-refractivity contribution in [3.05, 3.63) is 63.6 Å². The average Bonchev–Trinajstić information content (AvgIpc) is 2.55. The SMILES string of the molecule is CC[C@@H](CO)NCc1cc(Cl)ccc1OCc1cccc(Cl)c1.